The molecule has 0 unspecified atom stereocenters. The van der Waals surface area contributed by atoms with Gasteiger partial charge in [-0.3, -0.25) is 9.59 Å². The number of benzene rings is 1. The van der Waals surface area contributed by atoms with E-state index in [1.54, 1.807) is 28.2 Å². The van der Waals surface area contributed by atoms with Crippen LogP contribution in [0, 0.1) is 5.92 Å². The lowest BCUT2D eigenvalue weighted by atomic mass is 10.1. The SMILES string of the molecule is C[C@H]1CCN(CC(=O)N(C)Cc2cnc(-c3ccccc3)s2)C1=O. The van der Waals surface area contributed by atoms with Gasteiger partial charge < -0.3 is 9.80 Å². The van der Waals surface area contributed by atoms with Crippen LogP contribution >= 0.6 is 11.3 Å². The number of hydrogen-bond acceptors (Lipinski definition) is 4. The van der Waals surface area contributed by atoms with Gasteiger partial charge in [0.05, 0.1) is 13.1 Å². The summed E-state index contributed by atoms with van der Waals surface area (Å²) in [5.41, 5.74) is 1.08. The Morgan fingerprint density at radius 1 is 1.38 bits per heavy atom. The van der Waals surface area contributed by atoms with E-state index in [9.17, 15) is 9.59 Å². The fourth-order valence-electron chi connectivity index (χ4n) is 2.75. The highest BCUT2D eigenvalue weighted by atomic mass is 32.1. The first-order chi connectivity index (χ1) is 11.5. The Bertz CT molecular complexity index is 729. The van der Waals surface area contributed by atoms with Gasteiger partial charge in [-0.15, -0.1) is 11.3 Å². The highest BCUT2D eigenvalue weighted by molar-refractivity contribution is 7.15. The number of carbonyl (C=O) groups excluding carboxylic acids is 2. The van der Waals surface area contributed by atoms with Crippen molar-refractivity contribution in [1.82, 2.24) is 14.8 Å². The minimum Gasteiger partial charge on any atom is -0.339 e. The van der Waals surface area contributed by atoms with Crippen molar-refractivity contribution in [2.75, 3.05) is 20.1 Å². The molecule has 5 nitrogen and oxygen atoms in total. The number of hydrogen-bond donors (Lipinski definition) is 0. The van der Waals surface area contributed by atoms with Crippen molar-refractivity contribution in [3.05, 3.63) is 41.4 Å². The van der Waals surface area contributed by atoms with Gasteiger partial charge in [0, 0.05) is 36.1 Å². The van der Waals surface area contributed by atoms with Crippen molar-refractivity contribution >= 4 is 23.2 Å². The van der Waals surface area contributed by atoms with Gasteiger partial charge >= 0.3 is 0 Å². The molecule has 1 aromatic carbocycles. The first-order valence-electron chi connectivity index (χ1n) is 8.07. The average Bonchev–Trinajstić information content (AvgIpc) is 3.17. The van der Waals surface area contributed by atoms with Gasteiger partial charge in [-0.1, -0.05) is 37.3 Å². The Hall–Kier alpha value is -2.21. The predicted molar refractivity (Wildman–Crippen MR) is 94.4 cm³/mol. The zero-order valence-electron chi connectivity index (χ0n) is 13.9. The molecule has 1 atom stereocenters. The molecule has 2 heterocycles. The maximum Gasteiger partial charge on any atom is 0.242 e. The van der Waals surface area contributed by atoms with Crippen LogP contribution < -0.4 is 0 Å². The number of nitrogens with zero attached hydrogens (tertiary/aromatic N) is 3. The fraction of sp³-hybridized carbons (Fsp3) is 0.389. The van der Waals surface area contributed by atoms with E-state index in [2.05, 4.69) is 4.98 Å². The molecule has 0 bridgehead atoms. The third-order valence-corrected chi connectivity index (χ3v) is 5.32. The number of carbonyl (C=O) groups is 2. The molecule has 2 amide bonds. The average molecular weight is 343 g/mol. The van der Waals surface area contributed by atoms with E-state index in [4.69, 9.17) is 0 Å². The number of thiazole rings is 1. The molecular formula is C18H21N3O2S. The van der Waals surface area contributed by atoms with Crippen LogP contribution in [0.1, 0.15) is 18.2 Å². The molecule has 126 valence electrons. The van der Waals surface area contributed by atoms with E-state index in [1.807, 2.05) is 43.5 Å². The van der Waals surface area contributed by atoms with Gasteiger partial charge in [-0.2, -0.15) is 0 Å². The van der Waals surface area contributed by atoms with Crippen molar-refractivity contribution in [3.8, 4) is 10.6 Å². The smallest absolute Gasteiger partial charge is 0.242 e. The molecule has 1 aromatic heterocycles. The first kappa shape index (κ1) is 16.6. The molecule has 3 rings (SSSR count). The van der Waals surface area contributed by atoms with Crippen LogP contribution in [-0.2, 0) is 16.1 Å². The van der Waals surface area contributed by atoms with Crippen LogP contribution in [0.25, 0.3) is 10.6 Å². The maximum atomic E-state index is 12.3. The molecule has 0 aliphatic carbocycles. The summed E-state index contributed by atoms with van der Waals surface area (Å²) in [7, 11) is 1.77. The highest BCUT2D eigenvalue weighted by Crippen LogP contribution is 2.25. The second-order valence-electron chi connectivity index (χ2n) is 6.20. The lowest BCUT2D eigenvalue weighted by molar-refractivity contribution is -0.139. The Kier molecular flexibility index (Phi) is 4.94. The van der Waals surface area contributed by atoms with Crippen LogP contribution in [0.15, 0.2) is 36.5 Å². The lowest BCUT2D eigenvalue weighted by Gasteiger charge is -2.21. The van der Waals surface area contributed by atoms with Crippen molar-refractivity contribution in [2.24, 2.45) is 5.92 Å². The van der Waals surface area contributed by atoms with Gasteiger partial charge in [-0.25, -0.2) is 4.98 Å². The molecule has 1 fully saturated rings. The molecule has 0 N–H and O–H groups in total. The molecular weight excluding hydrogens is 322 g/mol. The second-order valence-corrected chi connectivity index (χ2v) is 7.31. The molecule has 1 saturated heterocycles. The third kappa shape index (κ3) is 3.64. The van der Waals surface area contributed by atoms with Crippen molar-refractivity contribution in [2.45, 2.75) is 19.9 Å². The Labute approximate surface area is 145 Å². The number of likely N-dealkylation sites (tertiary alicyclic amines) is 1. The largest absolute Gasteiger partial charge is 0.339 e. The molecule has 1 aliphatic rings. The van der Waals surface area contributed by atoms with Crippen LogP contribution in [0.4, 0.5) is 0 Å². The summed E-state index contributed by atoms with van der Waals surface area (Å²) < 4.78 is 0. The molecule has 0 saturated carbocycles. The Morgan fingerprint density at radius 3 is 2.79 bits per heavy atom. The maximum absolute atomic E-state index is 12.3. The molecule has 6 heteroatoms. The van der Waals surface area contributed by atoms with Gasteiger partial charge in [0.1, 0.15) is 5.01 Å². The zero-order chi connectivity index (χ0) is 17.1. The van der Waals surface area contributed by atoms with E-state index in [0.717, 1.165) is 21.9 Å². The predicted octanol–water partition coefficient (Wildman–Crippen LogP) is 2.64. The molecule has 2 aromatic rings. The number of amides is 2. The Morgan fingerprint density at radius 2 is 2.12 bits per heavy atom. The molecule has 24 heavy (non-hydrogen) atoms. The van der Waals surface area contributed by atoms with Crippen LogP contribution in [0.3, 0.4) is 0 Å². The lowest BCUT2D eigenvalue weighted by Crippen LogP contribution is -2.39. The van der Waals surface area contributed by atoms with Crippen molar-refractivity contribution < 1.29 is 9.59 Å². The fourth-order valence-corrected chi connectivity index (χ4v) is 3.72. The van der Waals surface area contributed by atoms with Crippen LogP contribution in [0.5, 0.6) is 0 Å². The molecule has 0 spiro atoms. The zero-order valence-corrected chi connectivity index (χ0v) is 14.8. The summed E-state index contributed by atoms with van der Waals surface area (Å²) in [4.78, 5) is 33.1. The summed E-state index contributed by atoms with van der Waals surface area (Å²) in [6.45, 7) is 3.28. The summed E-state index contributed by atoms with van der Waals surface area (Å²) >= 11 is 1.59. The van der Waals surface area contributed by atoms with E-state index < -0.39 is 0 Å². The standard InChI is InChI=1S/C18H21N3O2S/c1-13-8-9-21(18(13)23)12-16(22)20(2)11-15-10-19-17(24-15)14-6-4-3-5-7-14/h3-7,10,13H,8-9,11-12H2,1-2H3/t13-/m0/s1. The van der Waals surface area contributed by atoms with E-state index in [0.29, 0.717) is 13.1 Å². The van der Waals surface area contributed by atoms with E-state index in [-0.39, 0.29) is 24.3 Å². The highest BCUT2D eigenvalue weighted by Gasteiger charge is 2.29. The first-order valence-corrected chi connectivity index (χ1v) is 8.89. The van der Waals surface area contributed by atoms with Crippen molar-refractivity contribution in [1.29, 1.82) is 0 Å². The molecule has 1 aliphatic heterocycles. The van der Waals surface area contributed by atoms with Gasteiger partial charge in [-0.05, 0) is 6.42 Å². The monoisotopic (exact) mass is 343 g/mol. The van der Waals surface area contributed by atoms with Gasteiger partial charge in [0.2, 0.25) is 11.8 Å². The summed E-state index contributed by atoms with van der Waals surface area (Å²) in [5, 5.41) is 0.954. The Balaban J connectivity index is 1.59. The minimum absolute atomic E-state index is 0.0351. The van der Waals surface area contributed by atoms with E-state index in [1.165, 1.54) is 0 Å². The summed E-state index contributed by atoms with van der Waals surface area (Å²) in [6.07, 6.45) is 2.66. The second kappa shape index (κ2) is 7.13. The number of likely N-dealkylation sites (N-methyl/N-ethyl adjacent to an activating group) is 1. The van der Waals surface area contributed by atoms with Gasteiger partial charge in [0.25, 0.3) is 0 Å². The summed E-state index contributed by atoms with van der Waals surface area (Å²) in [5.74, 6) is 0.0889. The molecule has 0 radical (unpaired) electrons. The van der Waals surface area contributed by atoms with Crippen LogP contribution in [0.2, 0.25) is 0 Å². The third-order valence-electron chi connectivity index (χ3n) is 4.28. The quantitative estimate of drug-likeness (QED) is 0.839. The topological polar surface area (TPSA) is 53.5 Å². The van der Waals surface area contributed by atoms with Gasteiger partial charge in [0.15, 0.2) is 0 Å². The van der Waals surface area contributed by atoms with Crippen LogP contribution in [-0.4, -0.2) is 46.7 Å². The normalized spacial score (nSPS) is 17.3. The number of rotatable bonds is 5. The minimum atomic E-state index is -0.0351. The van der Waals surface area contributed by atoms with Crippen molar-refractivity contribution in [3.63, 3.8) is 0 Å². The number of aromatic nitrogens is 1. The summed E-state index contributed by atoms with van der Waals surface area (Å²) in [6, 6.07) is 10.0. The van der Waals surface area contributed by atoms with E-state index >= 15 is 0 Å².